The quantitative estimate of drug-likeness (QED) is 0.599. The Kier molecular flexibility index (Phi) is 6.32. The molecule has 2 aromatic carbocycles. The molecule has 0 spiro atoms. The van der Waals surface area contributed by atoms with Crippen molar-refractivity contribution < 1.29 is 14.6 Å². The summed E-state index contributed by atoms with van der Waals surface area (Å²) < 4.78 is 5.61. The first-order valence-corrected chi connectivity index (χ1v) is 9.71. The molecule has 0 amide bonds. The summed E-state index contributed by atoms with van der Waals surface area (Å²) in [4.78, 5) is 12.8. The van der Waals surface area contributed by atoms with E-state index in [1.807, 2.05) is 74.5 Å². The number of benzene rings is 2. The van der Waals surface area contributed by atoms with E-state index in [1.165, 1.54) is 6.07 Å². The average Bonchev–Trinajstić information content (AvgIpc) is 2.72. The highest BCUT2D eigenvalue weighted by Gasteiger charge is 2.27. The smallest absolute Gasteiger partial charge is 0.343 e. The largest absolute Gasteiger partial charge is 0.507 e. The van der Waals surface area contributed by atoms with E-state index in [4.69, 9.17) is 4.42 Å². The van der Waals surface area contributed by atoms with Gasteiger partial charge in [0.05, 0.1) is 11.7 Å². The maximum absolute atomic E-state index is 12.8. The normalized spacial score (nSPS) is 14.4. The standard InChI is InChI=1S/C24H26O4/c1-3-18(16-11-7-5-8-12-16)22-20(25)15-21(28-24(22)27)19(4-2)23(26)17-13-9-6-10-14-17/h5-15,18-19,23,25-26H,3-4H2,1-2H3/t18-,19-,23+/m1/s1. The van der Waals surface area contributed by atoms with Crippen molar-refractivity contribution in [3.8, 4) is 5.75 Å². The first kappa shape index (κ1) is 19.9. The Morgan fingerprint density at radius 3 is 1.96 bits per heavy atom. The van der Waals surface area contributed by atoms with Crippen LogP contribution >= 0.6 is 0 Å². The molecule has 0 bridgehead atoms. The highest BCUT2D eigenvalue weighted by molar-refractivity contribution is 5.40. The Morgan fingerprint density at radius 1 is 0.893 bits per heavy atom. The summed E-state index contributed by atoms with van der Waals surface area (Å²) in [6, 6.07) is 20.4. The first-order valence-electron chi connectivity index (χ1n) is 9.71. The van der Waals surface area contributed by atoms with E-state index >= 15 is 0 Å². The van der Waals surface area contributed by atoms with E-state index < -0.39 is 17.6 Å². The third-order valence-corrected chi connectivity index (χ3v) is 5.27. The number of aliphatic hydroxyl groups is 1. The Balaban J connectivity index is 2.00. The van der Waals surface area contributed by atoms with Gasteiger partial charge < -0.3 is 14.6 Å². The monoisotopic (exact) mass is 378 g/mol. The Hall–Kier alpha value is -2.85. The van der Waals surface area contributed by atoms with Crippen LogP contribution in [0.3, 0.4) is 0 Å². The molecular formula is C24H26O4. The lowest BCUT2D eigenvalue weighted by Gasteiger charge is -2.22. The summed E-state index contributed by atoms with van der Waals surface area (Å²) in [7, 11) is 0. The van der Waals surface area contributed by atoms with Crippen LogP contribution in [0.1, 0.15) is 67.1 Å². The number of aliphatic hydroxyl groups excluding tert-OH is 1. The van der Waals surface area contributed by atoms with Crippen molar-refractivity contribution in [2.75, 3.05) is 0 Å². The molecule has 3 atom stereocenters. The molecule has 1 aromatic heterocycles. The lowest BCUT2D eigenvalue weighted by molar-refractivity contribution is 0.129. The van der Waals surface area contributed by atoms with Gasteiger partial charge in [0.1, 0.15) is 11.5 Å². The van der Waals surface area contributed by atoms with Gasteiger partial charge in [0.2, 0.25) is 0 Å². The van der Waals surface area contributed by atoms with Gasteiger partial charge >= 0.3 is 5.63 Å². The summed E-state index contributed by atoms with van der Waals surface area (Å²) in [5.74, 6) is -0.453. The van der Waals surface area contributed by atoms with E-state index in [9.17, 15) is 15.0 Å². The van der Waals surface area contributed by atoms with Crippen LogP contribution < -0.4 is 5.63 Å². The molecule has 4 nitrogen and oxygen atoms in total. The molecule has 3 rings (SSSR count). The fourth-order valence-corrected chi connectivity index (χ4v) is 3.77. The van der Waals surface area contributed by atoms with E-state index in [2.05, 4.69) is 0 Å². The van der Waals surface area contributed by atoms with Gasteiger partial charge in [-0.25, -0.2) is 4.79 Å². The van der Waals surface area contributed by atoms with Crippen molar-refractivity contribution in [2.45, 2.75) is 44.6 Å². The molecule has 0 fully saturated rings. The van der Waals surface area contributed by atoms with Crippen molar-refractivity contribution in [3.63, 3.8) is 0 Å². The highest BCUT2D eigenvalue weighted by Crippen LogP contribution is 2.37. The SMILES string of the molecule is CC[C@H](c1ccccc1)c1c(O)cc([C@@H](CC)[C@@H](O)c2ccccc2)oc1=O. The zero-order chi connectivity index (χ0) is 20.1. The molecule has 0 unspecified atom stereocenters. The molecule has 0 aliphatic heterocycles. The van der Waals surface area contributed by atoms with Crippen LogP contribution in [0.2, 0.25) is 0 Å². The molecule has 0 aliphatic rings. The van der Waals surface area contributed by atoms with Crippen LogP contribution in [0.4, 0.5) is 0 Å². The minimum absolute atomic E-state index is 0.0827. The van der Waals surface area contributed by atoms with Crippen molar-refractivity contribution in [1.29, 1.82) is 0 Å². The summed E-state index contributed by atoms with van der Waals surface area (Å²) in [6.45, 7) is 3.89. The molecule has 2 N–H and O–H groups in total. The van der Waals surface area contributed by atoms with Crippen molar-refractivity contribution in [1.82, 2.24) is 0 Å². The lowest BCUT2D eigenvalue weighted by atomic mass is 9.87. The highest BCUT2D eigenvalue weighted by atomic mass is 16.4. The molecule has 0 saturated carbocycles. The maximum atomic E-state index is 12.8. The van der Waals surface area contributed by atoms with E-state index in [0.717, 1.165) is 11.1 Å². The minimum atomic E-state index is -0.823. The molecule has 3 aromatic rings. The molecule has 0 saturated heterocycles. The topological polar surface area (TPSA) is 70.7 Å². The van der Waals surface area contributed by atoms with Crippen LogP contribution in [0.5, 0.6) is 5.75 Å². The van der Waals surface area contributed by atoms with Crippen LogP contribution in [0.25, 0.3) is 0 Å². The number of rotatable bonds is 7. The second kappa shape index (κ2) is 8.89. The van der Waals surface area contributed by atoms with Crippen molar-refractivity contribution >= 4 is 0 Å². The summed E-state index contributed by atoms with van der Waals surface area (Å²) >= 11 is 0. The fourth-order valence-electron chi connectivity index (χ4n) is 3.77. The maximum Gasteiger partial charge on any atom is 0.343 e. The molecule has 1 heterocycles. The van der Waals surface area contributed by atoms with Crippen LogP contribution in [-0.4, -0.2) is 10.2 Å². The van der Waals surface area contributed by atoms with Gasteiger partial charge in [-0.15, -0.1) is 0 Å². The van der Waals surface area contributed by atoms with Crippen LogP contribution in [0.15, 0.2) is 75.9 Å². The van der Waals surface area contributed by atoms with Gasteiger partial charge in [-0.1, -0.05) is 74.5 Å². The van der Waals surface area contributed by atoms with Gasteiger partial charge in [0.25, 0.3) is 0 Å². The van der Waals surface area contributed by atoms with Crippen LogP contribution in [-0.2, 0) is 0 Å². The minimum Gasteiger partial charge on any atom is -0.507 e. The number of hydrogen-bond acceptors (Lipinski definition) is 4. The van der Waals surface area contributed by atoms with E-state index in [0.29, 0.717) is 18.6 Å². The second-order valence-electron chi connectivity index (χ2n) is 6.98. The Morgan fingerprint density at radius 2 is 1.46 bits per heavy atom. The van der Waals surface area contributed by atoms with Crippen LogP contribution in [0, 0.1) is 0 Å². The third kappa shape index (κ3) is 4.02. The number of hydrogen-bond donors (Lipinski definition) is 2. The average molecular weight is 378 g/mol. The molecule has 0 aliphatic carbocycles. The first-order chi connectivity index (χ1) is 13.6. The molecular weight excluding hydrogens is 352 g/mol. The fraction of sp³-hybridized carbons (Fsp3) is 0.292. The van der Waals surface area contributed by atoms with E-state index in [1.54, 1.807) is 0 Å². The molecule has 146 valence electrons. The van der Waals surface area contributed by atoms with Gasteiger partial charge in [-0.3, -0.25) is 0 Å². The van der Waals surface area contributed by atoms with Gasteiger partial charge in [0.15, 0.2) is 0 Å². The van der Waals surface area contributed by atoms with Crippen molar-refractivity contribution in [2.24, 2.45) is 0 Å². The second-order valence-corrected chi connectivity index (χ2v) is 6.98. The predicted molar refractivity (Wildman–Crippen MR) is 110 cm³/mol. The Labute approximate surface area is 165 Å². The summed E-state index contributed by atoms with van der Waals surface area (Å²) in [5.41, 5.74) is 1.42. The third-order valence-electron chi connectivity index (χ3n) is 5.27. The van der Waals surface area contributed by atoms with E-state index in [-0.39, 0.29) is 17.2 Å². The molecule has 0 radical (unpaired) electrons. The molecule has 4 heteroatoms. The van der Waals surface area contributed by atoms with Gasteiger partial charge in [-0.05, 0) is 24.0 Å². The predicted octanol–water partition coefficient (Wildman–Crippen LogP) is 5.11. The summed E-state index contributed by atoms with van der Waals surface area (Å²) in [6.07, 6.45) is 0.398. The zero-order valence-electron chi connectivity index (χ0n) is 16.2. The van der Waals surface area contributed by atoms with Gasteiger partial charge in [0, 0.05) is 17.9 Å². The molecule has 28 heavy (non-hydrogen) atoms. The summed E-state index contributed by atoms with van der Waals surface area (Å²) in [5, 5.41) is 21.5. The van der Waals surface area contributed by atoms with Gasteiger partial charge in [-0.2, -0.15) is 0 Å². The zero-order valence-corrected chi connectivity index (χ0v) is 16.2. The number of aromatic hydroxyl groups is 1. The van der Waals surface area contributed by atoms with Crippen molar-refractivity contribution in [3.05, 3.63) is 99.6 Å². The lowest BCUT2D eigenvalue weighted by Crippen LogP contribution is -2.17. The Bertz CT molecular complexity index is 947.